The number of ether oxygens (including phenoxy) is 2. The van der Waals surface area contributed by atoms with Gasteiger partial charge in [0.2, 0.25) is 0 Å². The Morgan fingerprint density at radius 3 is 2.91 bits per heavy atom. The molecule has 2 rings (SSSR count). The van der Waals surface area contributed by atoms with Gasteiger partial charge in [-0.1, -0.05) is 11.6 Å². The number of carbonyl (C=O) groups is 1. The summed E-state index contributed by atoms with van der Waals surface area (Å²) >= 11 is 7.23. The van der Waals surface area contributed by atoms with Crippen molar-refractivity contribution in [2.45, 2.75) is 64.7 Å². The maximum Gasteiger partial charge on any atom is 0.410 e. The largest absolute Gasteiger partial charge is 0.444 e. The fraction of sp³-hybridized carbons (Fsp3) is 0.750. The summed E-state index contributed by atoms with van der Waals surface area (Å²) in [6.07, 6.45) is 5.54. The molecular formula is C16H25ClN2O3S. The number of halogens is 1. The van der Waals surface area contributed by atoms with Crippen LogP contribution in [0.5, 0.6) is 0 Å². The second-order valence-electron chi connectivity index (χ2n) is 6.74. The zero-order valence-electron chi connectivity index (χ0n) is 14.0. The molecule has 1 aliphatic heterocycles. The Morgan fingerprint density at radius 1 is 1.48 bits per heavy atom. The van der Waals surface area contributed by atoms with Crippen LogP contribution in [0.4, 0.5) is 4.79 Å². The number of carbonyl (C=O) groups excluding carboxylic acids is 1. The predicted octanol–water partition coefficient (Wildman–Crippen LogP) is 4.49. The Bertz CT molecular complexity index is 516. The van der Waals surface area contributed by atoms with Gasteiger partial charge in [0.05, 0.1) is 11.5 Å². The first-order valence-electron chi connectivity index (χ1n) is 8.03. The van der Waals surface area contributed by atoms with E-state index in [2.05, 4.69) is 4.98 Å². The number of rotatable bonds is 5. The van der Waals surface area contributed by atoms with Gasteiger partial charge in [-0.15, -0.1) is 11.3 Å². The van der Waals surface area contributed by atoms with E-state index in [0.29, 0.717) is 17.7 Å². The van der Waals surface area contributed by atoms with Crippen molar-refractivity contribution >= 4 is 29.0 Å². The van der Waals surface area contributed by atoms with Gasteiger partial charge in [0.15, 0.2) is 4.47 Å². The van der Waals surface area contributed by atoms with Crippen molar-refractivity contribution in [1.82, 2.24) is 9.88 Å². The van der Waals surface area contributed by atoms with E-state index in [4.69, 9.17) is 21.1 Å². The molecule has 1 atom stereocenters. The van der Waals surface area contributed by atoms with Crippen LogP contribution >= 0.6 is 22.9 Å². The maximum absolute atomic E-state index is 12.3. The smallest absolute Gasteiger partial charge is 0.410 e. The molecule has 0 spiro atoms. The minimum Gasteiger partial charge on any atom is -0.444 e. The lowest BCUT2D eigenvalue weighted by molar-refractivity contribution is 0.00387. The van der Waals surface area contributed by atoms with Crippen LogP contribution in [0.3, 0.4) is 0 Å². The molecule has 2 heterocycles. The SMILES string of the molecule is CC(C)(C)OC(=O)N1CCCC[C@H]1CCOCc1cnc(Cl)s1. The lowest BCUT2D eigenvalue weighted by atomic mass is 10.0. The summed E-state index contributed by atoms with van der Waals surface area (Å²) < 4.78 is 11.7. The first-order valence-corrected chi connectivity index (χ1v) is 9.22. The van der Waals surface area contributed by atoms with Crippen molar-refractivity contribution in [3.63, 3.8) is 0 Å². The highest BCUT2D eigenvalue weighted by Gasteiger charge is 2.30. The van der Waals surface area contributed by atoms with Gasteiger partial charge < -0.3 is 14.4 Å². The van der Waals surface area contributed by atoms with Gasteiger partial charge >= 0.3 is 6.09 Å². The minimum absolute atomic E-state index is 0.198. The fourth-order valence-corrected chi connectivity index (χ4v) is 3.52. The molecule has 0 bridgehead atoms. The van der Waals surface area contributed by atoms with Crippen LogP contribution in [0.25, 0.3) is 0 Å². The van der Waals surface area contributed by atoms with Gasteiger partial charge in [-0.2, -0.15) is 0 Å². The van der Waals surface area contributed by atoms with Crippen LogP contribution in [0.15, 0.2) is 6.20 Å². The van der Waals surface area contributed by atoms with Gasteiger partial charge in [-0.05, 0) is 46.5 Å². The summed E-state index contributed by atoms with van der Waals surface area (Å²) in [6, 6.07) is 0.198. The number of nitrogens with zero attached hydrogens (tertiary/aromatic N) is 2. The molecule has 0 saturated carbocycles. The molecule has 0 aliphatic carbocycles. The Morgan fingerprint density at radius 2 is 2.26 bits per heavy atom. The van der Waals surface area contributed by atoms with E-state index in [-0.39, 0.29) is 12.1 Å². The summed E-state index contributed by atoms with van der Waals surface area (Å²) in [5.41, 5.74) is -0.457. The van der Waals surface area contributed by atoms with E-state index in [9.17, 15) is 4.79 Å². The molecular weight excluding hydrogens is 336 g/mol. The second kappa shape index (κ2) is 8.31. The molecule has 23 heavy (non-hydrogen) atoms. The molecule has 0 unspecified atom stereocenters. The van der Waals surface area contributed by atoms with E-state index in [0.717, 1.165) is 37.1 Å². The van der Waals surface area contributed by atoms with E-state index < -0.39 is 5.60 Å². The molecule has 1 aliphatic rings. The first kappa shape index (κ1) is 18.5. The van der Waals surface area contributed by atoms with Crippen molar-refractivity contribution < 1.29 is 14.3 Å². The third kappa shape index (κ3) is 6.28. The van der Waals surface area contributed by atoms with E-state index in [1.165, 1.54) is 11.3 Å². The zero-order valence-corrected chi connectivity index (χ0v) is 15.6. The standard InChI is InChI=1S/C16H25ClN2O3S/c1-16(2,3)22-15(20)19-8-5-4-6-12(19)7-9-21-11-13-10-18-14(17)23-13/h10,12H,4-9,11H2,1-3H3/t12-/m0/s1. The maximum atomic E-state index is 12.3. The highest BCUT2D eigenvalue weighted by atomic mass is 35.5. The van der Waals surface area contributed by atoms with Gasteiger partial charge in [0, 0.05) is 25.4 Å². The molecule has 1 fully saturated rings. The lowest BCUT2D eigenvalue weighted by Crippen LogP contribution is -2.46. The van der Waals surface area contributed by atoms with Crippen LogP contribution in [0.2, 0.25) is 4.47 Å². The van der Waals surface area contributed by atoms with Crippen molar-refractivity contribution in [3.8, 4) is 0 Å². The molecule has 7 heteroatoms. The third-order valence-corrected chi connectivity index (χ3v) is 4.71. The number of hydrogen-bond acceptors (Lipinski definition) is 5. The van der Waals surface area contributed by atoms with E-state index in [1.54, 1.807) is 6.20 Å². The van der Waals surface area contributed by atoms with Crippen molar-refractivity contribution in [1.29, 1.82) is 0 Å². The molecule has 1 saturated heterocycles. The highest BCUT2D eigenvalue weighted by Crippen LogP contribution is 2.23. The lowest BCUT2D eigenvalue weighted by Gasteiger charge is -2.36. The number of likely N-dealkylation sites (tertiary alicyclic amines) is 1. The normalized spacial score (nSPS) is 19.0. The predicted molar refractivity (Wildman–Crippen MR) is 92.0 cm³/mol. The number of aromatic nitrogens is 1. The van der Waals surface area contributed by atoms with Crippen molar-refractivity contribution in [3.05, 3.63) is 15.5 Å². The Labute approximate surface area is 146 Å². The van der Waals surface area contributed by atoms with E-state index >= 15 is 0 Å². The van der Waals surface area contributed by atoms with Crippen molar-refractivity contribution in [2.24, 2.45) is 0 Å². The summed E-state index contributed by atoms with van der Waals surface area (Å²) in [5, 5.41) is 0. The Kier molecular flexibility index (Phi) is 6.68. The molecule has 1 amide bonds. The Hall–Kier alpha value is -0.850. The minimum atomic E-state index is -0.457. The molecule has 130 valence electrons. The van der Waals surface area contributed by atoms with Crippen LogP contribution in [0.1, 0.15) is 51.3 Å². The van der Waals surface area contributed by atoms with Gasteiger partial charge in [-0.25, -0.2) is 9.78 Å². The summed E-state index contributed by atoms with van der Waals surface area (Å²) in [7, 11) is 0. The van der Waals surface area contributed by atoms with Crippen LogP contribution in [0, 0.1) is 0 Å². The van der Waals surface area contributed by atoms with Crippen molar-refractivity contribution in [2.75, 3.05) is 13.2 Å². The summed E-state index contributed by atoms with van der Waals surface area (Å²) in [4.78, 5) is 19.2. The molecule has 1 aromatic rings. The zero-order chi connectivity index (χ0) is 16.9. The molecule has 0 N–H and O–H groups in total. The van der Waals surface area contributed by atoms with Crippen LogP contribution < -0.4 is 0 Å². The van der Waals surface area contributed by atoms with Crippen LogP contribution in [-0.2, 0) is 16.1 Å². The Balaban J connectivity index is 1.78. The van der Waals surface area contributed by atoms with Gasteiger partial charge in [0.25, 0.3) is 0 Å². The number of thiazole rings is 1. The monoisotopic (exact) mass is 360 g/mol. The number of piperidine rings is 1. The highest BCUT2D eigenvalue weighted by molar-refractivity contribution is 7.15. The molecule has 0 aromatic carbocycles. The average molecular weight is 361 g/mol. The summed E-state index contributed by atoms with van der Waals surface area (Å²) in [6.45, 7) is 7.58. The van der Waals surface area contributed by atoms with E-state index in [1.807, 2.05) is 25.7 Å². The second-order valence-corrected chi connectivity index (χ2v) is 8.44. The quantitative estimate of drug-likeness (QED) is 0.726. The molecule has 5 nitrogen and oxygen atoms in total. The van der Waals surface area contributed by atoms with Crippen LogP contribution in [-0.4, -0.2) is 40.8 Å². The topological polar surface area (TPSA) is 51.7 Å². The first-order chi connectivity index (χ1) is 10.8. The molecule has 1 aromatic heterocycles. The number of hydrogen-bond donors (Lipinski definition) is 0. The molecule has 0 radical (unpaired) electrons. The fourth-order valence-electron chi connectivity index (χ4n) is 2.60. The number of amides is 1. The van der Waals surface area contributed by atoms with Gasteiger partial charge in [-0.3, -0.25) is 0 Å². The summed E-state index contributed by atoms with van der Waals surface area (Å²) in [5.74, 6) is 0. The van der Waals surface area contributed by atoms with Gasteiger partial charge in [0.1, 0.15) is 5.60 Å². The average Bonchev–Trinajstić information content (AvgIpc) is 2.88. The third-order valence-electron chi connectivity index (χ3n) is 3.62.